The maximum atomic E-state index is 12.5. The van der Waals surface area contributed by atoms with Crippen LogP contribution in [-0.4, -0.2) is 53.2 Å². The summed E-state index contributed by atoms with van der Waals surface area (Å²) in [6, 6.07) is 3.94. The van der Waals surface area contributed by atoms with Crippen LogP contribution in [0.4, 0.5) is 0 Å². The zero-order valence-electron chi connectivity index (χ0n) is 15.9. The average molecular weight is 403 g/mol. The molecule has 0 aliphatic carbocycles. The summed E-state index contributed by atoms with van der Waals surface area (Å²) in [5.74, 6) is 0.515. The molecule has 8 heteroatoms. The molecular formula is C20H26N4O3S. The van der Waals surface area contributed by atoms with Crippen LogP contribution in [0.5, 0.6) is 0 Å². The van der Waals surface area contributed by atoms with E-state index in [1.807, 2.05) is 22.4 Å². The molecule has 0 spiro atoms. The Kier molecular flexibility index (Phi) is 6.07. The maximum Gasteiger partial charge on any atom is 0.272 e. The van der Waals surface area contributed by atoms with Crippen molar-refractivity contribution in [3.63, 3.8) is 0 Å². The highest BCUT2D eigenvalue weighted by molar-refractivity contribution is 7.10. The molecule has 4 rings (SSSR count). The van der Waals surface area contributed by atoms with E-state index in [1.54, 1.807) is 11.3 Å². The van der Waals surface area contributed by atoms with Crippen molar-refractivity contribution < 1.29 is 14.3 Å². The number of ether oxygens (including phenoxy) is 1. The SMILES string of the molecule is O=C(NCCC1CCCOC1)c1n[nH]c2c1CCN(C(=O)Cc1cccs1)C2. The highest BCUT2D eigenvalue weighted by atomic mass is 32.1. The van der Waals surface area contributed by atoms with Gasteiger partial charge in [0.2, 0.25) is 5.91 Å². The largest absolute Gasteiger partial charge is 0.381 e. The lowest BCUT2D eigenvalue weighted by Crippen LogP contribution is -2.37. The third-order valence-corrected chi connectivity index (χ3v) is 6.38. The number of thiophene rings is 1. The monoisotopic (exact) mass is 402 g/mol. The van der Waals surface area contributed by atoms with Crippen molar-refractivity contribution in [1.29, 1.82) is 0 Å². The van der Waals surface area contributed by atoms with Gasteiger partial charge in [-0.2, -0.15) is 5.10 Å². The van der Waals surface area contributed by atoms with E-state index >= 15 is 0 Å². The second-order valence-corrected chi connectivity index (χ2v) is 8.51. The Morgan fingerprint density at radius 1 is 1.43 bits per heavy atom. The topological polar surface area (TPSA) is 87.3 Å². The molecular weight excluding hydrogens is 376 g/mol. The second kappa shape index (κ2) is 8.87. The summed E-state index contributed by atoms with van der Waals surface area (Å²) >= 11 is 1.60. The van der Waals surface area contributed by atoms with E-state index in [2.05, 4.69) is 15.5 Å². The van der Waals surface area contributed by atoms with Crippen LogP contribution in [0.1, 0.15) is 45.9 Å². The van der Waals surface area contributed by atoms with E-state index in [9.17, 15) is 9.59 Å². The van der Waals surface area contributed by atoms with Gasteiger partial charge in [0.15, 0.2) is 5.69 Å². The summed E-state index contributed by atoms with van der Waals surface area (Å²) in [5, 5.41) is 12.2. The number of fused-ring (bicyclic) bond motifs is 1. The molecule has 0 radical (unpaired) electrons. The zero-order chi connectivity index (χ0) is 19.3. The number of aromatic nitrogens is 2. The summed E-state index contributed by atoms with van der Waals surface area (Å²) in [7, 11) is 0. The van der Waals surface area contributed by atoms with Crippen molar-refractivity contribution in [1.82, 2.24) is 20.4 Å². The fraction of sp³-hybridized carbons (Fsp3) is 0.550. The number of amides is 2. The van der Waals surface area contributed by atoms with Crippen LogP contribution in [0.3, 0.4) is 0 Å². The van der Waals surface area contributed by atoms with Gasteiger partial charge in [-0.15, -0.1) is 11.3 Å². The average Bonchev–Trinajstić information content (AvgIpc) is 3.37. The lowest BCUT2D eigenvalue weighted by molar-refractivity contribution is -0.131. The highest BCUT2D eigenvalue weighted by Gasteiger charge is 2.27. The van der Waals surface area contributed by atoms with Gasteiger partial charge in [-0.3, -0.25) is 14.7 Å². The predicted octanol–water partition coefficient (Wildman–Crippen LogP) is 2.15. The van der Waals surface area contributed by atoms with Crippen molar-refractivity contribution in [3.8, 4) is 0 Å². The first-order valence-electron chi connectivity index (χ1n) is 9.93. The molecule has 28 heavy (non-hydrogen) atoms. The summed E-state index contributed by atoms with van der Waals surface area (Å²) in [6.07, 6.45) is 4.29. The Bertz CT molecular complexity index is 812. The Morgan fingerprint density at radius 3 is 3.14 bits per heavy atom. The summed E-state index contributed by atoms with van der Waals surface area (Å²) < 4.78 is 5.49. The Hall–Kier alpha value is -2.19. The van der Waals surface area contributed by atoms with Crippen LogP contribution in [0.2, 0.25) is 0 Å². The minimum Gasteiger partial charge on any atom is -0.381 e. The van der Waals surface area contributed by atoms with Gasteiger partial charge in [-0.05, 0) is 43.0 Å². The molecule has 0 saturated carbocycles. The lowest BCUT2D eigenvalue weighted by atomic mass is 9.98. The molecule has 2 aliphatic rings. The number of aromatic amines is 1. The van der Waals surface area contributed by atoms with Gasteiger partial charge < -0.3 is 15.0 Å². The lowest BCUT2D eigenvalue weighted by Gasteiger charge is -2.26. The number of hydrogen-bond acceptors (Lipinski definition) is 5. The third kappa shape index (κ3) is 4.44. The molecule has 1 unspecified atom stereocenters. The van der Waals surface area contributed by atoms with Gasteiger partial charge in [0.05, 0.1) is 18.7 Å². The minimum absolute atomic E-state index is 0.114. The van der Waals surface area contributed by atoms with Crippen LogP contribution in [-0.2, 0) is 28.9 Å². The standard InChI is InChI=1S/C20H26N4O3S/c25-18(11-15-4-2-10-28-15)24-8-6-16-17(12-24)22-23-19(16)20(26)21-7-5-14-3-1-9-27-13-14/h2,4,10,14H,1,3,5-9,11-13H2,(H,21,26)(H,22,23). The van der Waals surface area contributed by atoms with Crippen molar-refractivity contribution in [2.75, 3.05) is 26.3 Å². The van der Waals surface area contributed by atoms with Crippen LogP contribution in [0.25, 0.3) is 0 Å². The molecule has 1 saturated heterocycles. The summed E-state index contributed by atoms with van der Waals surface area (Å²) in [6.45, 7) is 3.40. The van der Waals surface area contributed by atoms with Gasteiger partial charge >= 0.3 is 0 Å². The number of rotatable bonds is 6. The van der Waals surface area contributed by atoms with E-state index in [1.165, 1.54) is 6.42 Å². The Labute approximate surface area is 168 Å². The van der Waals surface area contributed by atoms with E-state index in [4.69, 9.17) is 4.74 Å². The second-order valence-electron chi connectivity index (χ2n) is 7.48. The molecule has 2 aliphatic heterocycles. The summed E-state index contributed by atoms with van der Waals surface area (Å²) in [4.78, 5) is 28.0. The van der Waals surface area contributed by atoms with Crippen molar-refractivity contribution in [2.24, 2.45) is 5.92 Å². The molecule has 1 fully saturated rings. The van der Waals surface area contributed by atoms with Gasteiger partial charge in [0.1, 0.15) is 0 Å². The maximum absolute atomic E-state index is 12.5. The van der Waals surface area contributed by atoms with E-state index < -0.39 is 0 Å². The molecule has 7 nitrogen and oxygen atoms in total. The van der Waals surface area contributed by atoms with Crippen molar-refractivity contribution in [3.05, 3.63) is 39.3 Å². The van der Waals surface area contributed by atoms with Crippen LogP contribution < -0.4 is 5.32 Å². The van der Waals surface area contributed by atoms with E-state index in [0.717, 1.165) is 42.2 Å². The van der Waals surface area contributed by atoms with Gasteiger partial charge in [-0.25, -0.2) is 0 Å². The fourth-order valence-electron chi connectivity index (χ4n) is 3.90. The zero-order valence-corrected chi connectivity index (χ0v) is 16.7. The first kappa shape index (κ1) is 19.1. The van der Waals surface area contributed by atoms with E-state index in [0.29, 0.717) is 44.1 Å². The normalized spacial score (nSPS) is 19.3. The molecule has 4 heterocycles. The van der Waals surface area contributed by atoms with Gasteiger partial charge in [0.25, 0.3) is 5.91 Å². The number of nitrogens with zero attached hydrogens (tertiary/aromatic N) is 2. The van der Waals surface area contributed by atoms with E-state index in [-0.39, 0.29) is 11.8 Å². The van der Waals surface area contributed by atoms with Crippen molar-refractivity contribution in [2.45, 2.75) is 38.6 Å². The van der Waals surface area contributed by atoms with Crippen LogP contribution >= 0.6 is 11.3 Å². The first-order valence-corrected chi connectivity index (χ1v) is 10.8. The Balaban J connectivity index is 1.30. The van der Waals surface area contributed by atoms with Gasteiger partial charge in [0, 0.05) is 36.7 Å². The number of hydrogen-bond donors (Lipinski definition) is 2. The number of nitrogens with one attached hydrogen (secondary N) is 2. The third-order valence-electron chi connectivity index (χ3n) is 5.50. The molecule has 150 valence electrons. The molecule has 1 atom stereocenters. The van der Waals surface area contributed by atoms with Gasteiger partial charge in [-0.1, -0.05) is 6.07 Å². The molecule has 0 aromatic carbocycles. The highest BCUT2D eigenvalue weighted by Crippen LogP contribution is 2.22. The number of carbonyl (C=O) groups is 2. The molecule has 2 aromatic rings. The summed E-state index contributed by atoms with van der Waals surface area (Å²) in [5.41, 5.74) is 2.29. The van der Waals surface area contributed by atoms with Crippen LogP contribution in [0, 0.1) is 5.92 Å². The smallest absolute Gasteiger partial charge is 0.272 e. The fourth-order valence-corrected chi connectivity index (χ4v) is 4.60. The van der Waals surface area contributed by atoms with Crippen LogP contribution in [0.15, 0.2) is 17.5 Å². The number of H-pyrrole nitrogens is 1. The molecule has 0 bridgehead atoms. The Morgan fingerprint density at radius 2 is 2.36 bits per heavy atom. The molecule has 2 amide bonds. The predicted molar refractivity (Wildman–Crippen MR) is 106 cm³/mol. The quantitative estimate of drug-likeness (QED) is 0.775. The minimum atomic E-state index is -0.132. The van der Waals surface area contributed by atoms with Crippen molar-refractivity contribution >= 4 is 23.2 Å². The molecule has 2 aromatic heterocycles. The number of carbonyl (C=O) groups excluding carboxylic acids is 2. The first-order chi connectivity index (χ1) is 13.7. The molecule has 2 N–H and O–H groups in total.